The van der Waals surface area contributed by atoms with Crippen LogP contribution in [0.2, 0.25) is 0 Å². The van der Waals surface area contributed by atoms with E-state index in [1.54, 1.807) is 10.7 Å². The highest BCUT2D eigenvalue weighted by molar-refractivity contribution is 6.00. The first kappa shape index (κ1) is 15.0. The molecule has 2 fully saturated rings. The number of hydrogen-bond acceptors (Lipinski definition) is 5. The van der Waals surface area contributed by atoms with Gasteiger partial charge in [0.2, 0.25) is 5.91 Å². The Balaban J connectivity index is 1.62. The minimum absolute atomic E-state index is 0.245. The number of aromatic nitrogens is 4. The highest BCUT2D eigenvalue weighted by atomic mass is 16.2. The van der Waals surface area contributed by atoms with Gasteiger partial charge in [-0.05, 0) is 37.0 Å². The summed E-state index contributed by atoms with van der Waals surface area (Å²) in [5, 5.41) is 9.57. The lowest BCUT2D eigenvalue weighted by Crippen LogP contribution is -2.51. The van der Waals surface area contributed by atoms with E-state index >= 15 is 0 Å². The zero-order valence-electron chi connectivity index (χ0n) is 13.8. The van der Waals surface area contributed by atoms with Crippen molar-refractivity contribution in [2.45, 2.75) is 24.7 Å². The summed E-state index contributed by atoms with van der Waals surface area (Å²) in [6, 6.07) is 7.19. The number of nitrogens with one attached hydrogen (secondary N) is 2. The van der Waals surface area contributed by atoms with E-state index in [1.165, 1.54) is 0 Å². The number of imidazole rings is 1. The second-order valence-electron chi connectivity index (χ2n) is 6.66. The maximum Gasteiger partial charge on any atom is 0.321 e. The minimum Gasteiger partial charge on any atom is -0.337 e. The monoisotopic (exact) mass is 348 g/mol. The van der Waals surface area contributed by atoms with Gasteiger partial charge in [0, 0.05) is 18.3 Å². The number of urea groups is 1. The van der Waals surface area contributed by atoms with E-state index in [2.05, 4.69) is 20.7 Å². The molecule has 1 atom stereocenters. The molecule has 1 aliphatic heterocycles. The Morgan fingerprint density at radius 3 is 2.77 bits per heavy atom. The summed E-state index contributed by atoms with van der Waals surface area (Å²) < 4.78 is 1.73. The van der Waals surface area contributed by atoms with Crippen molar-refractivity contribution in [3.8, 4) is 11.4 Å². The van der Waals surface area contributed by atoms with Crippen LogP contribution in [0.5, 0.6) is 0 Å². The Labute approximate surface area is 148 Å². The van der Waals surface area contributed by atoms with Crippen LogP contribution in [-0.2, 0) is 4.79 Å². The molecule has 3 aromatic heterocycles. The Hall–Kier alpha value is -3.29. The number of rotatable bonds is 3. The van der Waals surface area contributed by atoms with E-state index < -0.39 is 11.9 Å². The smallest absolute Gasteiger partial charge is 0.321 e. The maximum atomic E-state index is 12.2. The van der Waals surface area contributed by atoms with Crippen LogP contribution in [0, 0.1) is 0 Å². The van der Waals surface area contributed by atoms with Crippen molar-refractivity contribution in [3.63, 3.8) is 0 Å². The third-order valence-corrected chi connectivity index (χ3v) is 4.79. The predicted molar refractivity (Wildman–Crippen MR) is 92.5 cm³/mol. The van der Waals surface area contributed by atoms with Gasteiger partial charge in [0.15, 0.2) is 5.65 Å². The molecule has 1 unspecified atom stereocenters. The fraction of sp³-hybridized carbons (Fsp3) is 0.278. The van der Waals surface area contributed by atoms with Gasteiger partial charge in [-0.15, -0.1) is 0 Å². The SMILES string of the molecule is O=C1NCC(c2cc(C3CC3)c3nc(-c4ccccn4)cn3n2)C(=O)N1. The molecule has 0 bridgehead atoms. The topological polar surface area (TPSA) is 101 Å². The van der Waals surface area contributed by atoms with E-state index in [4.69, 9.17) is 4.98 Å². The van der Waals surface area contributed by atoms with Gasteiger partial charge in [0.25, 0.3) is 0 Å². The van der Waals surface area contributed by atoms with Gasteiger partial charge in [-0.25, -0.2) is 14.3 Å². The Kier molecular flexibility index (Phi) is 3.24. The highest BCUT2D eigenvalue weighted by Crippen LogP contribution is 2.42. The molecule has 2 aliphatic rings. The van der Waals surface area contributed by atoms with E-state index in [0.717, 1.165) is 35.4 Å². The van der Waals surface area contributed by atoms with Crippen molar-refractivity contribution in [3.05, 3.63) is 47.9 Å². The standard InChI is InChI=1S/C18H16N6O2/c25-17-12(8-20-18(26)22-17)14-7-11(10-4-5-10)16-21-15(9-24(16)23-14)13-3-1-2-6-19-13/h1-3,6-7,9-10,12H,4-5,8H2,(H2,20,22,25,26). The zero-order chi connectivity index (χ0) is 17.7. The molecule has 1 saturated carbocycles. The minimum atomic E-state index is -0.504. The molecule has 3 aromatic rings. The maximum absolute atomic E-state index is 12.2. The van der Waals surface area contributed by atoms with Crippen LogP contribution in [0.3, 0.4) is 0 Å². The molecular formula is C18H16N6O2. The summed E-state index contributed by atoms with van der Waals surface area (Å²) in [4.78, 5) is 32.6. The summed E-state index contributed by atoms with van der Waals surface area (Å²) >= 11 is 0. The first-order valence-corrected chi connectivity index (χ1v) is 8.59. The molecule has 0 radical (unpaired) electrons. The fourth-order valence-electron chi connectivity index (χ4n) is 3.29. The molecule has 3 amide bonds. The van der Waals surface area contributed by atoms with Crippen LogP contribution < -0.4 is 10.6 Å². The van der Waals surface area contributed by atoms with Crippen LogP contribution >= 0.6 is 0 Å². The van der Waals surface area contributed by atoms with Crippen molar-refractivity contribution in [2.75, 3.05) is 6.54 Å². The molecular weight excluding hydrogens is 332 g/mol. The molecule has 8 heteroatoms. The first-order chi connectivity index (χ1) is 12.7. The van der Waals surface area contributed by atoms with Gasteiger partial charge in [-0.3, -0.25) is 15.1 Å². The fourth-order valence-corrected chi connectivity index (χ4v) is 3.29. The average Bonchev–Trinajstić information content (AvgIpc) is 3.40. The van der Waals surface area contributed by atoms with Crippen molar-refractivity contribution in [1.82, 2.24) is 30.2 Å². The molecule has 5 rings (SSSR count). The lowest BCUT2D eigenvalue weighted by Gasteiger charge is -2.22. The second-order valence-corrected chi connectivity index (χ2v) is 6.66. The van der Waals surface area contributed by atoms with Gasteiger partial charge in [0.05, 0.1) is 23.5 Å². The number of carbonyl (C=O) groups is 2. The number of imide groups is 1. The molecule has 26 heavy (non-hydrogen) atoms. The van der Waals surface area contributed by atoms with Gasteiger partial charge in [-0.2, -0.15) is 5.10 Å². The zero-order valence-corrected chi connectivity index (χ0v) is 13.8. The van der Waals surface area contributed by atoms with Gasteiger partial charge in [-0.1, -0.05) is 6.07 Å². The van der Waals surface area contributed by atoms with Crippen LogP contribution in [0.25, 0.3) is 17.0 Å². The molecule has 1 aliphatic carbocycles. The molecule has 0 aromatic carbocycles. The summed E-state index contributed by atoms with van der Waals surface area (Å²) in [5.41, 5.74) is 4.07. The third kappa shape index (κ3) is 2.50. The molecule has 8 nitrogen and oxygen atoms in total. The number of carbonyl (C=O) groups excluding carboxylic acids is 2. The Morgan fingerprint density at radius 2 is 2.04 bits per heavy atom. The van der Waals surface area contributed by atoms with E-state index in [1.807, 2.05) is 30.5 Å². The summed E-state index contributed by atoms with van der Waals surface area (Å²) in [7, 11) is 0. The summed E-state index contributed by atoms with van der Waals surface area (Å²) in [6.45, 7) is 0.245. The number of pyridine rings is 1. The molecule has 2 N–H and O–H groups in total. The average molecular weight is 348 g/mol. The number of nitrogens with zero attached hydrogens (tertiary/aromatic N) is 4. The van der Waals surface area contributed by atoms with Gasteiger partial charge < -0.3 is 5.32 Å². The molecule has 130 valence electrons. The molecule has 4 heterocycles. The first-order valence-electron chi connectivity index (χ1n) is 8.59. The number of fused-ring (bicyclic) bond motifs is 1. The van der Waals surface area contributed by atoms with E-state index in [0.29, 0.717) is 11.6 Å². The van der Waals surface area contributed by atoms with Crippen LogP contribution in [0.4, 0.5) is 4.79 Å². The lowest BCUT2D eigenvalue weighted by molar-refractivity contribution is -0.122. The summed E-state index contributed by atoms with van der Waals surface area (Å²) in [5.74, 6) is -0.387. The highest BCUT2D eigenvalue weighted by Gasteiger charge is 2.33. The van der Waals surface area contributed by atoms with E-state index in [-0.39, 0.29) is 12.5 Å². The number of amides is 3. The number of hydrogen-bond donors (Lipinski definition) is 2. The van der Waals surface area contributed by atoms with Gasteiger partial charge in [0.1, 0.15) is 5.69 Å². The second kappa shape index (κ2) is 5.62. The van der Waals surface area contributed by atoms with Crippen LogP contribution in [0.1, 0.15) is 35.9 Å². The van der Waals surface area contributed by atoms with Crippen molar-refractivity contribution in [2.24, 2.45) is 0 Å². The molecule has 1 saturated heterocycles. The van der Waals surface area contributed by atoms with Crippen molar-refractivity contribution >= 4 is 17.6 Å². The third-order valence-electron chi connectivity index (χ3n) is 4.79. The Bertz CT molecular complexity index is 1020. The predicted octanol–water partition coefficient (Wildman–Crippen LogP) is 1.59. The summed E-state index contributed by atoms with van der Waals surface area (Å²) in [6.07, 6.45) is 5.79. The van der Waals surface area contributed by atoms with E-state index in [9.17, 15) is 9.59 Å². The Morgan fingerprint density at radius 1 is 1.15 bits per heavy atom. The molecule has 0 spiro atoms. The van der Waals surface area contributed by atoms with Crippen LogP contribution in [-0.4, -0.2) is 38.1 Å². The lowest BCUT2D eigenvalue weighted by atomic mass is 10.0. The van der Waals surface area contributed by atoms with Crippen LogP contribution in [0.15, 0.2) is 36.7 Å². The normalized spacial score (nSPS) is 20.1. The van der Waals surface area contributed by atoms with Crippen molar-refractivity contribution < 1.29 is 9.59 Å². The van der Waals surface area contributed by atoms with Gasteiger partial charge >= 0.3 is 6.03 Å². The quantitative estimate of drug-likeness (QED) is 0.748. The largest absolute Gasteiger partial charge is 0.337 e. The van der Waals surface area contributed by atoms with Crippen molar-refractivity contribution in [1.29, 1.82) is 0 Å².